The summed E-state index contributed by atoms with van der Waals surface area (Å²) in [7, 11) is 2.18. The summed E-state index contributed by atoms with van der Waals surface area (Å²) in [5.74, 6) is 1.64. The molecule has 1 saturated heterocycles. The van der Waals surface area contributed by atoms with Crippen molar-refractivity contribution in [3.63, 3.8) is 0 Å². The van der Waals surface area contributed by atoms with Gasteiger partial charge in [0.25, 0.3) is 0 Å². The van der Waals surface area contributed by atoms with Crippen LogP contribution in [0.5, 0.6) is 11.5 Å². The highest BCUT2D eigenvalue weighted by atomic mass is 16.5. The fraction of sp³-hybridized carbons (Fsp3) is 0.625. The first kappa shape index (κ1) is 15.0. The fourth-order valence-corrected chi connectivity index (χ4v) is 2.66. The Balaban J connectivity index is 2.05. The Morgan fingerprint density at radius 1 is 1.20 bits per heavy atom. The molecule has 1 aromatic carbocycles. The zero-order valence-electron chi connectivity index (χ0n) is 12.8. The Kier molecular flexibility index (Phi) is 5.53. The molecule has 1 atom stereocenters. The van der Waals surface area contributed by atoms with Crippen LogP contribution in [-0.4, -0.2) is 44.3 Å². The van der Waals surface area contributed by atoms with E-state index in [1.807, 2.05) is 26.0 Å². The van der Waals surface area contributed by atoms with Gasteiger partial charge in [-0.2, -0.15) is 0 Å². The summed E-state index contributed by atoms with van der Waals surface area (Å²) < 4.78 is 11.3. The highest BCUT2D eigenvalue weighted by Crippen LogP contribution is 2.31. The number of anilines is 1. The van der Waals surface area contributed by atoms with E-state index in [2.05, 4.69) is 23.3 Å². The van der Waals surface area contributed by atoms with Crippen LogP contribution in [0.1, 0.15) is 26.7 Å². The van der Waals surface area contributed by atoms with Crippen molar-refractivity contribution in [2.75, 3.05) is 38.7 Å². The summed E-state index contributed by atoms with van der Waals surface area (Å²) >= 11 is 0. The highest BCUT2D eigenvalue weighted by Gasteiger charge is 2.17. The quantitative estimate of drug-likeness (QED) is 0.867. The zero-order valence-corrected chi connectivity index (χ0v) is 12.8. The van der Waals surface area contributed by atoms with Crippen molar-refractivity contribution >= 4 is 5.69 Å². The second-order valence-electron chi connectivity index (χ2n) is 5.27. The molecule has 2 rings (SSSR count). The lowest BCUT2D eigenvalue weighted by atomic mass is 10.1. The van der Waals surface area contributed by atoms with Crippen molar-refractivity contribution in [3.05, 3.63) is 18.2 Å². The van der Waals surface area contributed by atoms with E-state index in [1.54, 1.807) is 0 Å². The highest BCUT2D eigenvalue weighted by molar-refractivity contribution is 5.55. The van der Waals surface area contributed by atoms with E-state index in [-0.39, 0.29) is 0 Å². The van der Waals surface area contributed by atoms with Crippen molar-refractivity contribution < 1.29 is 9.47 Å². The summed E-state index contributed by atoms with van der Waals surface area (Å²) in [6, 6.07) is 6.62. The van der Waals surface area contributed by atoms with Gasteiger partial charge in [0.15, 0.2) is 11.5 Å². The summed E-state index contributed by atoms with van der Waals surface area (Å²) in [5, 5.41) is 3.60. The fourth-order valence-electron chi connectivity index (χ4n) is 2.66. The van der Waals surface area contributed by atoms with Crippen LogP contribution in [0.4, 0.5) is 5.69 Å². The van der Waals surface area contributed by atoms with Gasteiger partial charge in [-0.15, -0.1) is 0 Å². The molecule has 0 bridgehead atoms. The number of piperidine rings is 1. The molecule has 0 radical (unpaired) electrons. The molecule has 20 heavy (non-hydrogen) atoms. The minimum absolute atomic E-state index is 0.515. The molecular weight excluding hydrogens is 252 g/mol. The Hall–Kier alpha value is -1.42. The molecule has 4 nitrogen and oxygen atoms in total. The molecule has 1 heterocycles. The van der Waals surface area contributed by atoms with Crippen molar-refractivity contribution in [2.45, 2.75) is 32.7 Å². The third-order valence-corrected chi connectivity index (χ3v) is 3.54. The Morgan fingerprint density at radius 2 is 1.95 bits per heavy atom. The lowest BCUT2D eigenvalue weighted by Gasteiger charge is -2.31. The third-order valence-electron chi connectivity index (χ3n) is 3.54. The number of rotatable bonds is 6. The van der Waals surface area contributed by atoms with Crippen LogP contribution in [0.25, 0.3) is 0 Å². The minimum atomic E-state index is 0.515. The Labute approximate surface area is 122 Å². The van der Waals surface area contributed by atoms with Crippen molar-refractivity contribution in [1.29, 1.82) is 0 Å². The van der Waals surface area contributed by atoms with Crippen LogP contribution in [0.15, 0.2) is 18.2 Å². The van der Waals surface area contributed by atoms with E-state index in [4.69, 9.17) is 9.47 Å². The molecule has 112 valence electrons. The maximum atomic E-state index is 5.67. The zero-order chi connectivity index (χ0) is 14.4. The van der Waals surface area contributed by atoms with E-state index in [1.165, 1.54) is 19.4 Å². The van der Waals surface area contributed by atoms with Gasteiger partial charge in [-0.3, -0.25) is 0 Å². The van der Waals surface area contributed by atoms with Crippen molar-refractivity contribution in [3.8, 4) is 11.5 Å². The summed E-state index contributed by atoms with van der Waals surface area (Å²) in [6.45, 7) is 7.57. The molecule has 1 aromatic rings. The average Bonchev–Trinajstić information content (AvgIpc) is 2.42. The predicted octanol–water partition coefficient (Wildman–Crippen LogP) is 2.99. The first-order valence-electron chi connectivity index (χ1n) is 7.57. The third kappa shape index (κ3) is 4.04. The molecule has 0 aliphatic carbocycles. The van der Waals surface area contributed by atoms with Gasteiger partial charge in [0, 0.05) is 24.3 Å². The molecule has 0 amide bonds. The lowest BCUT2D eigenvalue weighted by Crippen LogP contribution is -2.39. The topological polar surface area (TPSA) is 33.7 Å². The largest absolute Gasteiger partial charge is 0.490 e. The average molecular weight is 278 g/mol. The molecule has 1 aliphatic rings. The van der Waals surface area contributed by atoms with Gasteiger partial charge >= 0.3 is 0 Å². The van der Waals surface area contributed by atoms with Crippen LogP contribution < -0.4 is 14.8 Å². The number of likely N-dealkylation sites (N-methyl/N-ethyl adjacent to an activating group) is 1. The Morgan fingerprint density at radius 3 is 2.65 bits per heavy atom. The van der Waals surface area contributed by atoms with E-state index in [9.17, 15) is 0 Å². The monoisotopic (exact) mass is 278 g/mol. The van der Waals surface area contributed by atoms with Gasteiger partial charge in [-0.25, -0.2) is 0 Å². The summed E-state index contributed by atoms with van der Waals surface area (Å²) in [4.78, 5) is 2.37. The van der Waals surface area contributed by atoms with Crippen LogP contribution in [0.2, 0.25) is 0 Å². The van der Waals surface area contributed by atoms with Crippen LogP contribution >= 0.6 is 0 Å². The number of nitrogens with zero attached hydrogens (tertiary/aromatic N) is 1. The molecular formula is C16H26N2O2. The number of hydrogen-bond donors (Lipinski definition) is 1. The molecule has 4 heteroatoms. The van der Waals surface area contributed by atoms with Crippen LogP contribution in [0.3, 0.4) is 0 Å². The number of benzene rings is 1. The maximum absolute atomic E-state index is 5.67. The number of nitrogens with one attached hydrogen (secondary N) is 1. The van der Waals surface area contributed by atoms with Crippen LogP contribution in [0, 0.1) is 0 Å². The SMILES string of the molecule is CCOc1ccc(NC2CCCN(C)C2)cc1OCC. The maximum Gasteiger partial charge on any atom is 0.163 e. The molecule has 1 fully saturated rings. The van der Waals surface area contributed by atoms with Gasteiger partial charge < -0.3 is 19.7 Å². The molecule has 1 N–H and O–H groups in total. The van der Waals surface area contributed by atoms with E-state index in [0.717, 1.165) is 23.7 Å². The van der Waals surface area contributed by atoms with E-state index >= 15 is 0 Å². The number of ether oxygens (including phenoxy) is 2. The first-order valence-corrected chi connectivity index (χ1v) is 7.57. The summed E-state index contributed by atoms with van der Waals surface area (Å²) in [5.41, 5.74) is 1.11. The Bertz CT molecular complexity index is 423. The van der Waals surface area contributed by atoms with Gasteiger partial charge in [-0.1, -0.05) is 0 Å². The molecule has 1 unspecified atom stereocenters. The van der Waals surface area contributed by atoms with Gasteiger partial charge in [0.1, 0.15) is 0 Å². The van der Waals surface area contributed by atoms with E-state index in [0.29, 0.717) is 19.3 Å². The smallest absolute Gasteiger partial charge is 0.163 e. The van der Waals surface area contributed by atoms with Gasteiger partial charge in [0.2, 0.25) is 0 Å². The van der Waals surface area contributed by atoms with Gasteiger partial charge in [-0.05, 0) is 52.4 Å². The van der Waals surface area contributed by atoms with Crippen molar-refractivity contribution in [1.82, 2.24) is 4.90 Å². The predicted molar refractivity (Wildman–Crippen MR) is 82.9 cm³/mol. The number of hydrogen-bond acceptors (Lipinski definition) is 4. The summed E-state index contributed by atoms with van der Waals surface area (Å²) in [6.07, 6.45) is 2.48. The molecule has 0 spiro atoms. The second kappa shape index (κ2) is 7.39. The molecule has 0 saturated carbocycles. The minimum Gasteiger partial charge on any atom is -0.490 e. The number of likely N-dealkylation sites (tertiary alicyclic amines) is 1. The normalized spacial score (nSPS) is 19.6. The second-order valence-corrected chi connectivity index (χ2v) is 5.27. The standard InChI is InChI=1S/C16H26N2O2/c1-4-19-15-9-8-13(11-16(15)20-5-2)17-14-7-6-10-18(3)12-14/h8-9,11,14,17H,4-7,10,12H2,1-3H3. The molecule has 1 aliphatic heterocycles. The van der Waals surface area contributed by atoms with E-state index < -0.39 is 0 Å². The van der Waals surface area contributed by atoms with Crippen LogP contribution in [-0.2, 0) is 0 Å². The lowest BCUT2D eigenvalue weighted by molar-refractivity contribution is 0.261. The van der Waals surface area contributed by atoms with Crippen molar-refractivity contribution in [2.24, 2.45) is 0 Å². The first-order chi connectivity index (χ1) is 9.72. The molecule has 0 aromatic heterocycles. The van der Waals surface area contributed by atoms with Gasteiger partial charge in [0.05, 0.1) is 13.2 Å².